The Morgan fingerprint density at radius 3 is 2.75 bits per heavy atom. The predicted octanol–water partition coefficient (Wildman–Crippen LogP) is 6.62. The van der Waals surface area contributed by atoms with E-state index in [9.17, 15) is 27.9 Å². The Kier molecular flexibility index (Phi) is 7.25. The molecule has 1 aliphatic heterocycles. The lowest BCUT2D eigenvalue weighted by Crippen LogP contribution is -2.64. The van der Waals surface area contributed by atoms with Crippen molar-refractivity contribution < 1.29 is 41.7 Å². The first-order chi connectivity index (χ1) is 20.7. The molecule has 1 N–H and O–H groups in total. The third kappa shape index (κ3) is 4.57. The lowest BCUT2D eigenvalue weighted by Gasteiger charge is -2.60. The molecule has 4 aliphatic carbocycles. The van der Waals surface area contributed by atoms with Gasteiger partial charge in [0.2, 0.25) is 0 Å². The molecule has 6 unspecified atom stereocenters. The molecule has 44 heavy (non-hydrogen) atoms. The lowest BCUT2D eigenvalue weighted by atomic mass is 9.46. The molecule has 0 amide bonds. The van der Waals surface area contributed by atoms with Gasteiger partial charge in [-0.3, -0.25) is 9.59 Å². The van der Waals surface area contributed by atoms with Crippen molar-refractivity contribution in [3.63, 3.8) is 0 Å². The number of carbonyl (C=O) groups excluding carboxylic acids is 2. The van der Waals surface area contributed by atoms with Crippen molar-refractivity contribution in [2.75, 3.05) is 5.75 Å². The second kappa shape index (κ2) is 10.4. The summed E-state index contributed by atoms with van der Waals surface area (Å²) in [6, 6.07) is 7.61. The Hall–Kier alpha value is -2.12. The molecule has 1 aromatic carbocycles. The van der Waals surface area contributed by atoms with Crippen LogP contribution < -0.4 is 0 Å². The summed E-state index contributed by atoms with van der Waals surface area (Å²) >= 11 is 2.70. The number of alkyl halides is 4. The van der Waals surface area contributed by atoms with E-state index in [1.54, 1.807) is 6.08 Å². The van der Waals surface area contributed by atoms with Gasteiger partial charge in [0.1, 0.15) is 6.17 Å². The predicted molar refractivity (Wildman–Crippen MR) is 157 cm³/mol. The van der Waals surface area contributed by atoms with Crippen molar-refractivity contribution in [2.24, 2.45) is 28.6 Å². The molecule has 1 saturated heterocycles. The zero-order valence-electron chi connectivity index (χ0n) is 24.2. The molecule has 6 nitrogen and oxygen atoms in total. The van der Waals surface area contributed by atoms with Crippen LogP contribution in [0.5, 0.6) is 0 Å². The van der Waals surface area contributed by atoms with E-state index < -0.39 is 66.0 Å². The number of aromatic nitrogens is 1. The van der Waals surface area contributed by atoms with Crippen molar-refractivity contribution in [3.05, 3.63) is 48.1 Å². The number of halogens is 4. The normalized spacial score (nSPS) is 41.2. The molecule has 2 heterocycles. The van der Waals surface area contributed by atoms with Crippen molar-refractivity contribution >= 4 is 44.9 Å². The highest BCUT2D eigenvalue weighted by Gasteiger charge is 2.76. The topological polar surface area (TPSA) is 85.7 Å². The first-order valence-electron chi connectivity index (χ1n) is 14.9. The van der Waals surface area contributed by atoms with Gasteiger partial charge in [0.15, 0.2) is 27.8 Å². The summed E-state index contributed by atoms with van der Waals surface area (Å²) in [5, 5.41) is 11.8. The minimum atomic E-state index is -4.42. The maximum absolute atomic E-state index is 15.9. The first-order valence-corrected chi connectivity index (χ1v) is 16.7. The maximum atomic E-state index is 15.9. The van der Waals surface area contributed by atoms with E-state index >= 15 is 4.39 Å². The lowest BCUT2D eigenvalue weighted by molar-refractivity contribution is -0.205. The van der Waals surface area contributed by atoms with Crippen LogP contribution in [0, 0.1) is 28.6 Å². The molecule has 0 bridgehead atoms. The van der Waals surface area contributed by atoms with Crippen LogP contribution in [-0.4, -0.2) is 63.9 Å². The third-order valence-electron chi connectivity index (χ3n) is 10.9. The molecule has 2 aromatic rings. The molecule has 7 rings (SSSR count). The van der Waals surface area contributed by atoms with Crippen LogP contribution in [0.2, 0.25) is 0 Å². The Morgan fingerprint density at radius 2 is 2.00 bits per heavy atom. The van der Waals surface area contributed by atoms with E-state index in [1.165, 1.54) is 35.3 Å². The van der Waals surface area contributed by atoms with E-state index in [1.807, 2.05) is 38.1 Å². The monoisotopic (exact) mass is 651 g/mol. The number of nitrogens with zero attached hydrogens (tertiary/aromatic N) is 1. The first kappa shape index (κ1) is 30.5. The highest BCUT2D eigenvalue weighted by atomic mass is 32.2. The second-order valence-corrected chi connectivity index (χ2v) is 15.5. The average molecular weight is 652 g/mol. The number of thiazole rings is 1. The maximum Gasteiger partial charge on any atom is 0.389 e. The summed E-state index contributed by atoms with van der Waals surface area (Å²) in [5.74, 6) is -1.73. The quantitative estimate of drug-likeness (QED) is 0.278. The number of aliphatic hydroxyl groups is 1. The fraction of sp³-hybridized carbons (Fsp3) is 0.594. The van der Waals surface area contributed by atoms with Crippen molar-refractivity contribution in [3.8, 4) is 0 Å². The number of hydrogen-bond donors (Lipinski definition) is 1. The number of rotatable bonds is 6. The van der Waals surface area contributed by atoms with Gasteiger partial charge in [0.25, 0.3) is 0 Å². The molecule has 3 saturated carbocycles. The van der Waals surface area contributed by atoms with Gasteiger partial charge < -0.3 is 14.6 Å². The number of thioether (sulfide) groups is 1. The Morgan fingerprint density at radius 1 is 1.23 bits per heavy atom. The Bertz CT molecular complexity index is 1540. The van der Waals surface area contributed by atoms with Crippen molar-refractivity contribution in [1.82, 2.24) is 4.98 Å². The van der Waals surface area contributed by atoms with Gasteiger partial charge in [-0.15, -0.1) is 11.3 Å². The van der Waals surface area contributed by atoms with E-state index in [0.717, 1.165) is 10.2 Å². The summed E-state index contributed by atoms with van der Waals surface area (Å²) in [7, 11) is 0. The molecule has 5 aliphatic rings. The molecule has 4 fully saturated rings. The number of benzene rings is 1. The van der Waals surface area contributed by atoms with Gasteiger partial charge in [-0.1, -0.05) is 43.8 Å². The zero-order valence-corrected chi connectivity index (χ0v) is 25.8. The van der Waals surface area contributed by atoms with Crippen LogP contribution >= 0.6 is 23.1 Å². The minimum Gasteiger partial charge on any atom is -0.393 e. The molecule has 0 spiro atoms. The van der Waals surface area contributed by atoms with Gasteiger partial charge in [-0.25, -0.2) is 9.37 Å². The van der Waals surface area contributed by atoms with E-state index in [-0.39, 0.29) is 42.0 Å². The SMILES string of the molecule is CC12C=CC(=O)C=C1[C@@H](F)CC1C2[C@@H](O)CC2(C)C1C[C@@H]1OC(CCC(F)(F)F)O[C@]12C(=O)CSc1nc2ccccc2s1. The molecule has 1 aromatic heterocycles. The molecular weight excluding hydrogens is 618 g/mol. The number of Topliss-reactive ketones (excluding diaryl/α,β-unsaturated/α-hetero) is 1. The zero-order chi connectivity index (χ0) is 31.2. The number of fused-ring (bicyclic) bond motifs is 8. The summed E-state index contributed by atoms with van der Waals surface area (Å²) in [6.07, 6.45) is -5.48. The van der Waals surface area contributed by atoms with Crippen LogP contribution in [-0.2, 0) is 19.1 Å². The largest absolute Gasteiger partial charge is 0.393 e. The number of ether oxygens (including phenoxy) is 2. The summed E-state index contributed by atoms with van der Waals surface area (Å²) in [6.45, 7) is 3.70. The molecule has 12 heteroatoms. The number of hydrogen-bond acceptors (Lipinski definition) is 8. The number of ketones is 2. The molecule has 236 valence electrons. The van der Waals surface area contributed by atoms with Gasteiger partial charge in [-0.05, 0) is 61.0 Å². The Balaban J connectivity index is 1.23. The number of aliphatic hydroxyl groups excluding tert-OH is 1. The smallest absolute Gasteiger partial charge is 0.389 e. The van der Waals surface area contributed by atoms with E-state index in [0.29, 0.717) is 16.3 Å². The number of para-hydroxylation sites is 1. The fourth-order valence-corrected chi connectivity index (χ4v) is 11.2. The van der Waals surface area contributed by atoms with E-state index in [4.69, 9.17) is 9.47 Å². The van der Waals surface area contributed by atoms with E-state index in [2.05, 4.69) is 4.98 Å². The highest BCUT2D eigenvalue weighted by molar-refractivity contribution is 8.01. The van der Waals surface area contributed by atoms with Gasteiger partial charge in [0.05, 0.1) is 28.2 Å². The van der Waals surface area contributed by atoms with Gasteiger partial charge >= 0.3 is 6.18 Å². The minimum absolute atomic E-state index is 0.0423. The van der Waals surface area contributed by atoms with Crippen LogP contribution in [0.3, 0.4) is 0 Å². The summed E-state index contributed by atoms with van der Waals surface area (Å²) in [5.41, 5.74) is -2.34. The van der Waals surface area contributed by atoms with Crippen molar-refractivity contribution in [2.45, 2.75) is 86.7 Å². The highest BCUT2D eigenvalue weighted by Crippen LogP contribution is 2.70. The molecule has 10 atom stereocenters. The summed E-state index contributed by atoms with van der Waals surface area (Å²) < 4.78 is 69.5. The molecular formula is C32H33F4NO5S2. The van der Waals surface area contributed by atoms with Crippen LogP contribution in [0.25, 0.3) is 10.2 Å². The summed E-state index contributed by atoms with van der Waals surface area (Å²) in [4.78, 5) is 31.2. The second-order valence-electron chi connectivity index (χ2n) is 13.3. The van der Waals surface area contributed by atoms with Gasteiger partial charge in [-0.2, -0.15) is 13.2 Å². The number of allylic oxidation sites excluding steroid dienone is 4. The van der Waals surface area contributed by atoms with Crippen molar-refractivity contribution in [1.29, 1.82) is 0 Å². The van der Waals surface area contributed by atoms with Gasteiger partial charge in [0, 0.05) is 29.6 Å². The third-order valence-corrected chi connectivity index (χ3v) is 13.1. The van der Waals surface area contributed by atoms with Crippen LogP contribution in [0.15, 0.2) is 52.4 Å². The standard InChI is InChI=1S/C32H33F4NO5S2/c1-29-9-7-16(38)11-19(29)20(33)12-17-18-13-25-32(30(18,2)14-22(39)27(17)29,42-26(41-25)8-10-31(34,35)36)24(40)15-43-28-37-21-5-3-4-6-23(21)44-28/h3-7,9,11,17-18,20,22,25-27,39H,8,10,12-15H2,1-2H3/t17?,18?,20-,22-,25-,26?,27?,29?,30?,32+/m0/s1. The van der Waals surface area contributed by atoms with Crippen LogP contribution in [0.4, 0.5) is 17.6 Å². The number of carbonyl (C=O) groups is 2. The molecule has 0 radical (unpaired) electrons. The van der Waals surface area contributed by atoms with Crippen LogP contribution in [0.1, 0.15) is 46.0 Å². The Labute approximate surface area is 260 Å². The average Bonchev–Trinajstić information content (AvgIpc) is 3.61. The fourth-order valence-electron chi connectivity index (χ4n) is 9.21.